The number of benzene rings is 1. The fourth-order valence-electron chi connectivity index (χ4n) is 4.62. The van der Waals surface area contributed by atoms with Crippen molar-refractivity contribution in [3.05, 3.63) is 41.7 Å². The summed E-state index contributed by atoms with van der Waals surface area (Å²) < 4.78 is 5.71. The van der Waals surface area contributed by atoms with E-state index in [4.69, 9.17) is 10.5 Å². The number of carbonyl (C=O) groups excluding carboxylic acids is 2. The number of nitrogens with two attached hydrogens (primary N) is 1. The number of nitrogens with one attached hydrogen (secondary N) is 2. The molecule has 31 heavy (non-hydrogen) atoms. The van der Waals surface area contributed by atoms with Gasteiger partial charge >= 0.3 is 11.8 Å². The molecule has 9 nitrogen and oxygen atoms in total. The lowest BCUT2D eigenvalue weighted by atomic mass is 9.87. The number of ether oxygens (including phenoxy) is 1. The molecule has 0 radical (unpaired) electrons. The van der Waals surface area contributed by atoms with Gasteiger partial charge in [0.05, 0.1) is 41.6 Å². The van der Waals surface area contributed by atoms with Crippen LogP contribution in [0.4, 0.5) is 11.5 Å². The van der Waals surface area contributed by atoms with Gasteiger partial charge in [0, 0.05) is 18.5 Å². The average Bonchev–Trinajstić information content (AvgIpc) is 3.45. The van der Waals surface area contributed by atoms with Crippen molar-refractivity contribution >= 4 is 34.2 Å². The maximum atomic E-state index is 13.3. The molecule has 160 valence electrons. The van der Waals surface area contributed by atoms with Crippen molar-refractivity contribution in [3.63, 3.8) is 0 Å². The number of fused-ring (bicyclic) bond motifs is 2. The van der Waals surface area contributed by atoms with Crippen molar-refractivity contribution in [2.45, 2.75) is 32.2 Å². The predicted molar refractivity (Wildman–Crippen MR) is 115 cm³/mol. The number of H-pyrrole nitrogens is 1. The van der Waals surface area contributed by atoms with Gasteiger partial charge in [-0.25, -0.2) is 4.98 Å². The van der Waals surface area contributed by atoms with Crippen LogP contribution in [0, 0.1) is 5.92 Å². The third kappa shape index (κ3) is 3.35. The van der Waals surface area contributed by atoms with Gasteiger partial charge in [-0.2, -0.15) is 5.10 Å². The van der Waals surface area contributed by atoms with Crippen molar-refractivity contribution in [3.8, 4) is 5.75 Å². The van der Waals surface area contributed by atoms with Crippen LogP contribution in [0.1, 0.15) is 36.9 Å². The maximum Gasteiger partial charge on any atom is 0.314 e. The fourth-order valence-corrected chi connectivity index (χ4v) is 4.62. The summed E-state index contributed by atoms with van der Waals surface area (Å²) in [6.07, 6.45) is 5.59. The van der Waals surface area contributed by atoms with E-state index in [0.29, 0.717) is 41.5 Å². The number of pyridine rings is 1. The fraction of sp³-hybridized carbons (Fsp3) is 0.364. The van der Waals surface area contributed by atoms with Gasteiger partial charge in [0.1, 0.15) is 11.6 Å². The van der Waals surface area contributed by atoms with Gasteiger partial charge in [-0.1, -0.05) is 19.1 Å². The summed E-state index contributed by atoms with van der Waals surface area (Å²) in [7, 11) is 0. The van der Waals surface area contributed by atoms with Gasteiger partial charge in [-0.3, -0.25) is 14.7 Å². The standard InChI is InChI=1S/C22H24N6O3/c1-12-5-6-17(13-3-2-4-18-14(13)7-8-31-18)28(11-12)22(30)21(29)26-16-10-24-20(23)15-9-25-27-19(15)16/h2-4,9-10,12,17H,5-8,11H2,1H3,(H2,23,24)(H,25,27)(H,26,29). The first kappa shape index (κ1) is 19.3. The molecule has 0 aliphatic carbocycles. The minimum Gasteiger partial charge on any atom is -0.493 e. The number of aromatic amines is 1. The van der Waals surface area contributed by atoms with E-state index in [1.165, 1.54) is 12.4 Å². The Morgan fingerprint density at radius 3 is 3.03 bits per heavy atom. The number of hydrogen-bond acceptors (Lipinski definition) is 6. The third-order valence-electron chi connectivity index (χ3n) is 6.18. The summed E-state index contributed by atoms with van der Waals surface area (Å²) >= 11 is 0. The van der Waals surface area contributed by atoms with Crippen LogP contribution >= 0.6 is 0 Å². The molecule has 0 spiro atoms. The van der Waals surface area contributed by atoms with Gasteiger partial charge in [-0.05, 0) is 30.4 Å². The molecule has 5 rings (SSSR count). The van der Waals surface area contributed by atoms with Crippen molar-refractivity contribution < 1.29 is 14.3 Å². The number of nitrogen functional groups attached to an aromatic ring is 1. The second-order valence-corrected chi connectivity index (χ2v) is 8.25. The summed E-state index contributed by atoms with van der Waals surface area (Å²) in [4.78, 5) is 32.0. The van der Waals surface area contributed by atoms with Crippen LogP contribution in [0.25, 0.3) is 10.9 Å². The third-order valence-corrected chi connectivity index (χ3v) is 6.18. The number of nitrogens with zero attached hydrogens (tertiary/aromatic N) is 3. The zero-order valence-electron chi connectivity index (χ0n) is 17.2. The summed E-state index contributed by atoms with van der Waals surface area (Å²) in [5.74, 6) is 0.238. The summed E-state index contributed by atoms with van der Waals surface area (Å²) in [6, 6.07) is 5.81. The van der Waals surface area contributed by atoms with Gasteiger partial charge in [0.25, 0.3) is 0 Å². The van der Waals surface area contributed by atoms with Crippen LogP contribution < -0.4 is 15.8 Å². The normalized spacial score (nSPS) is 20.4. The lowest BCUT2D eigenvalue weighted by Crippen LogP contribution is -2.46. The highest BCUT2D eigenvalue weighted by Gasteiger charge is 2.36. The Morgan fingerprint density at radius 2 is 2.16 bits per heavy atom. The van der Waals surface area contributed by atoms with Gasteiger partial charge in [0.15, 0.2) is 0 Å². The highest BCUT2D eigenvalue weighted by atomic mass is 16.5. The molecular formula is C22H24N6O3. The Morgan fingerprint density at radius 1 is 1.29 bits per heavy atom. The minimum absolute atomic E-state index is 0.150. The number of aromatic nitrogens is 3. The largest absolute Gasteiger partial charge is 0.493 e. The highest BCUT2D eigenvalue weighted by Crippen LogP contribution is 2.39. The average molecular weight is 420 g/mol. The van der Waals surface area contributed by atoms with Gasteiger partial charge in [0.2, 0.25) is 0 Å². The van der Waals surface area contributed by atoms with E-state index in [1.807, 2.05) is 18.2 Å². The predicted octanol–water partition coefficient (Wildman–Crippen LogP) is 2.41. The van der Waals surface area contributed by atoms with Crippen LogP contribution in [-0.4, -0.2) is 45.0 Å². The van der Waals surface area contributed by atoms with Crippen LogP contribution in [0.2, 0.25) is 0 Å². The molecule has 3 aromatic rings. The molecule has 0 bridgehead atoms. The second-order valence-electron chi connectivity index (χ2n) is 8.25. The second kappa shape index (κ2) is 7.57. The first-order chi connectivity index (χ1) is 15.0. The number of hydrogen-bond donors (Lipinski definition) is 3. The smallest absolute Gasteiger partial charge is 0.314 e. The number of anilines is 2. The molecule has 2 atom stereocenters. The summed E-state index contributed by atoms with van der Waals surface area (Å²) in [5, 5.41) is 10.0. The molecule has 1 saturated heterocycles. The van der Waals surface area contributed by atoms with Crippen LogP contribution in [0.15, 0.2) is 30.6 Å². The molecule has 2 aromatic heterocycles. The molecule has 4 heterocycles. The van der Waals surface area contributed by atoms with E-state index in [2.05, 4.69) is 27.4 Å². The zero-order chi connectivity index (χ0) is 21.5. The highest BCUT2D eigenvalue weighted by molar-refractivity contribution is 6.40. The molecule has 9 heteroatoms. The van der Waals surface area contributed by atoms with E-state index in [0.717, 1.165) is 36.1 Å². The SMILES string of the molecule is CC1CCC(c2cccc3c2CCO3)N(C(=O)C(=O)Nc2cnc(N)c3cn[nH]c23)C1. The quantitative estimate of drug-likeness (QED) is 0.547. The monoisotopic (exact) mass is 420 g/mol. The number of piperidine rings is 1. The molecule has 2 aliphatic heterocycles. The molecule has 1 fully saturated rings. The Balaban J connectivity index is 1.43. The van der Waals surface area contributed by atoms with E-state index in [-0.39, 0.29) is 6.04 Å². The van der Waals surface area contributed by atoms with E-state index in [1.54, 1.807) is 4.90 Å². The van der Waals surface area contributed by atoms with Crippen molar-refractivity contribution in [1.82, 2.24) is 20.1 Å². The number of amides is 2. The number of likely N-dealkylation sites (tertiary alicyclic amines) is 1. The summed E-state index contributed by atoms with van der Waals surface area (Å²) in [5.41, 5.74) is 8.98. The van der Waals surface area contributed by atoms with E-state index >= 15 is 0 Å². The van der Waals surface area contributed by atoms with Crippen molar-refractivity contribution in [1.29, 1.82) is 0 Å². The first-order valence-corrected chi connectivity index (χ1v) is 10.5. The molecule has 4 N–H and O–H groups in total. The molecule has 2 unspecified atom stereocenters. The van der Waals surface area contributed by atoms with Gasteiger partial charge in [-0.15, -0.1) is 0 Å². The maximum absolute atomic E-state index is 13.3. The van der Waals surface area contributed by atoms with E-state index < -0.39 is 11.8 Å². The molecule has 2 aliphatic rings. The first-order valence-electron chi connectivity index (χ1n) is 10.5. The zero-order valence-corrected chi connectivity index (χ0v) is 17.2. The Kier molecular flexibility index (Phi) is 4.72. The van der Waals surface area contributed by atoms with Crippen molar-refractivity contribution in [2.24, 2.45) is 5.92 Å². The molecule has 1 aromatic carbocycles. The Hall–Kier alpha value is -3.62. The van der Waals surface area contributed by atoms with Gasteiger partial charge < -0.3 is 20.7 Å². The van der Waals surface area contributed by atoms with E-state index in [9.17, 15) is 9.59 Å². The van der Waals surface area contributed by atoms with Crippen LogP contribution in [-0.2, 0) is 16.0 Å². The topological polar surface area (TPSA) is 126 Å². The number of rotatable bonds is 2. The van der Waals surface area contributed by atoms with Crippen LogP contribution in [0.5, 0.6) is 5.75 Å². The molecule has 2 amide bonds. The Bertz CT molecular complexity index is 1170. The lowest BCUT2D eigenvalue weighted by molar-refractivity contribution is -0.146. The number of carbonyl (C=O) groups is 2. The lowest BCUT2D eigenvalue weighted by Gasteiger charge is -2.39. The van der Waals surface area contributed by atoms with Crippen molar-refractivity contribution in [2.75, 3.05) is 24.2 Å². The summed E-state index contributed by atoms with van der Waals surface area (Å²) in [6.45, 7) is 3.28. The Labute approximate surface area is 179 Å². The molecular weight excluding hydrogens is 396 g/mol. The minimum atomic E-state index is -0.703. The molecule has 0 saturated carbocycles. The van der Waals surface area contributed by atoms with Crippen LogP contribution in [0.3, 0.4) is 0 Å².